The molecule has 0 bridgehead atoms. The Labute approximate surface area is 250 Å². The summed E-state index contributed by atoms with van der Waals surface area (Å²) >= 11 is 0. The number of ether oxygens (including phenoxy) is 2. The number of carbonyl (C=O) groups is 1. The summed E-state index contributed by atoms with van der Waals surface area (Å²) in [6.45, 7) is 8.69. The van der Waals surface area contributed by atoms with Gasteiger partial charge in [-0.15, -0.1) is 0 Å². The van der Waals surface area contributed by atoms with Gasteiger partial charge in [-0.2, -0.15) is 5.26 Å². The van der Waals surface area contributed by atoms with Crippen LogP contribution in [0.5, 0.6) is 0 Å². The van der Waals surface area contributed by atoms with E-state index in [0.717, 1.165) is 53.7 Å². The van der Waals surface area contributed by atoms with Crippen molar-refractivity contribution in [3.05, 3.63) is 107 Å². The Hall–Kier alpha value is -4.30. The number of allylic oxidation sites excluding steroid dienone is 3. The van der Waals surface area contributed by atoms with Gasteiger partial charge in [0, 0.05) is 17.2 Å². The molecule has 218 valence electrons. The van der Waals surface area contributed by atoms with Crippen molar-refractivity contribution >= 4 is 17.4 Å². The molecule has 0 spiro atoms. The Morgan fingerprint density at radius 2 is 1.67 bits per heavy atom. The van der Waals surface area contributed by atoms with Crippen LogP contribution < -0.4 is 5.32 Å². The summed E-state index contributed by atoms with van der Waals surface area (Å²) in [6.07, 6.45) is 7.91. The summed E-state index contributed by atoms with van der Waals surface area (Å²) in [6, 6.07) is 25.3. The van der Waals surface area contributed by atoms with Crippen LogP contribution in [0.3, 0.4) is 0 Å². The van der Waals surface area contributed by atoms with Crippen LogP contribution in [0, 0.1) is 17.2 Å². The van der Waals surface area contributed by atoms with Gasteiger partial charge in [0.2, 0.25) is 0 Å². The number of amides is 1. The fraction of sp³-hybridized carbons (Fsp3) is 0.351. The quantitative estimate of drug-likeness (QED) is 0.283. The van der Waals surface area contributed by atoms with E-state index in [4.69, 9.17) is 9.47 Å². The highest BCUT2D eigenvalue weighted by atomic mass is 16.5. The highest BCUT2D eigenvalue weighted by Crippen LogP contribution is 2.37. The normalized spacial score (nSPS) is 17.7. The summed E-state index contributed by atoms with van der Waals surface area (Å²) in [4.78, 5) is 11.8. The highest BCUT2D eigenvalue weighted by Gasteiger charge is 2.21. The summed E-state index contributed by atoms with van der Waals surface area (Å²) < 4.78 is 11.2. The van der Waals surface area contributed by atoms with Crippen molar-refractivity contribution in [2.24, 2.45) is 5.92 Å². The van der Waals surface area contributed by atoms with E-state index in [2.05, 4.69) is 79.9 Å². The first-order chi connectivity index (χ1) is 20.4. The molecule has 0 radical (unpaired) electrons. The second-order valence-corrected chi connectivity index (χ2v) is 11.2. The Morgan fingerprint density at radius 1 is 0.976 bits per heavy atom. The monoisotopic (exact) mass is 562 g/mol. The van der Waals surface area contributed by atoms with Crippen LogP contribution in [-0.2, 0) is 15.9 Å². The standard InChI is InChI=1S/C37H42N2O3/c1-6-42-37(40)39-26(3)23-25(2)27(4)29-19-21-31(22-20-29)33-11-8-7-9-12-34-32(13-10-14-35(34)36(33)41-5)30-17-15-28(24-38)16-18-30/h8,10-11,13-22,25-27H,6-7,9,12,23H2,1-5H3,(H,39,40)/b11-8-,36-33-/t25?,26-,27?/m1/s1. The zero-order valence-corrected chi connectivity index (χ0v) is 25.4. The van der Waals surface area contributed by atoms with Crippen molar-refractivity contribution in [1.29, 1.82) is 5.26 Å². The van der Waals surface area contributed by atoms with Gasteiger partial charge in [-0.1, -0.05) is 80.6 Å². The number of nitrogens with one attached hydrogen (secondary N) is 1. The molecule has 3 aromatic carbocycles. The van der Waals surface area contributed by atoms with Crippen molar-refractivity contribution in [2.45, 2.75) is 65.3 Å². The number of benzene rings is 3. The van der Waals surface area contributed by atoms with Gasteiger partial charge in [0.1, 0.15) is 5.76 Å². The minimum Gasteiger partial charge on any atom is -0.495 e. The summed E-state index contributed by atoms with van der Waals surface area (Å²) in [7, 11) is 1.75. The lowest BCUT2D eigenvalue weighted by molar-refractivity contribution is 0.147. The molecule has 3 atom stereocenters. The van der Waals surface area contributed by atoms with E-state index in [1.54, 1.807) is 7.11 Å². The molecule has 5 nitrogen and oxygen atoms in total. The number of nitriles is 1. The van der Waals surface area contributed by atoms with E-state index in [-0.39, 0.29) is 12.1 Å². The molecule has 1 aliphatic carbocycles. The number of fused-ring (bicyclic) bond motifs is 1. The SMILES string of the molecule is CCOC(=O)N[C@H](C)CC(C)C(C)c1ccc(C2=C(\OC)c3cccc(-c4ccc(C#N)cc4)c3CCC/C=C\2)cc1. The molecule has 0 saturated heterocycles. The molecule has 4 rings (SSSR count). The summed E-state index contributed by atoms with van der Waals surface area (Å²) in [5.74, 6) is 1.57. The van der Waals surface area contributed by atoms with Crippen molar-refractivity contribution in [2.75, 3.05) is 13.7 Å². The number of hydrogen-bond acceptors (Lipinski definition) is 4. The maximum Gasteiger partial charge on any atom is 0.407 e. The topological polar surface area (TPSA) is 71.3 Å². The lowest BCUT2D eigenvalue weighted by atomic mass is 9.84. The first-order valence-electron chi connectivity index (χ1n) is 15.0. The first kappa shape index (κ1) is 30.7. The van der Waals surface area contributed by atoms with E-state index >= 15 is 0 Å². The molecule has 2 unspecified atom stereocenters. The molecule has 0 aliphatic heterocycles. The molecular weight excluding hydrogens is 520 g/mol. The average molecular weight is 563 g/mol. The zero-order chi connectivity index (χ0) is 30.1. The van der Waals surface area contributed by atoms with Gasteiger partial charge >= 0.3 is 6.09 Å². The summed E-state index contributed by atoms with van der Waals surface area (Å²) in [5.41, 5.74) is 8.77. The minimum absolute atomic E-state index is 0.0356. The molecule has 1 aliphatic rings. The largest absolute Gasteiger partial charge is 0.495 e. The van der Waals surface area contributed by atoms with Crippen LogP contribution in [0.2, 0.25) is 0 Å². The van der Waals surface area contributed by atoms with Gasteiger partial charge in [-0.05, 0) is 91.3 Å². The van der Waals surface area contributed by atoms with E-state index in [9.17, 15) is 10.1 Å². The van der Waals surface area contributed by atoms with Crippen LogP contribution in [0.25, 0.3) is 22.5 Å². The Balaban J connectivity index is 1.64. The molecule has 1 amide bonds. The molecular formula is C37H42N2O3. The molecule has 3 aromatic rings. The maximum atomic E-state index is 11.8. The number of rotatable bonds is 9. The van der Waals surface area contributed by atoms with E-state index in [1.807, 2.05) is 38.1 Å². The number of methoxy groups -OCH3 is 1. The second-order valence-electron chi connectivity index (χ2n) is 11.2. The van der Waals surface area contributed by atoms with Crippen LogP contribution in [0.4, 0.5) is 4.79 Å². The first-order valence-corrected chi connectivity index (χ1v) is 15.0. The van der Waals surface area contributed by atoms with Crippen LogP contribution in [0.1, 0.15) is 80.7 Å². The van der Waals surface area contributed by atoms with Crippen molar-refractivity contribution < 1.29 is 14.3 Å². The van der Waals surface area contributed by atoms with Gasteiger partial charge in [0.05, 0.1) is 25.3 Å². The average Bonchev–Trinajstić information content (AvgIpc) is 3.09. The molecule has 42 heavy (non-hydrogen) atoms. The van der Waals surface area contributed by atoms with Crippen LogP contribution in [0.15, 0.2) is 78.9 Å². The molecule has 0 heterocycles. The Kier molecular flexibility index (Phi) is 10.6. The predicted octanol–water partition coefficient (Wildman–Crippen LogP) is 8.90. The lowest BCUT2D eigenvalue weighted by Crippen LogP contribution is -2.34. The third kappa shape index (κ3) is 7.31. The lowest BCUT2D eigenvalue weighted by Gasteiger charge is -2.24. The van der Waals surface area contributed by atoms with Crippen LogP contribution >= 0.6 is 0 Å². The third-order valence-corrected chi connectivity index (χ3v) is 8.24. The zero-order valence-electron chi connectivity index (χ0n) is 25.4. The molecule has 1 N–H and O–H groups in total. The Bertz CT molecular complexity index is 1460. The number of nitrogens with zero attached hydrogens (tertiary/aromatic N) is 1. The number of carbonyl (C=O) groups excluding carboxylic acids is 1. The van der Waals surface area contributed by atoms with E-state index in [0.29, 0.717) is 24.0 Å². The molecule has 5 heteroatoms. The molecule has 0 aromatic heterocycles. The van der Waals surface area contributed by atoms with Gasteiger partial charge in [0.15, 0.2) is 0 Å². The summed E-state index contributed by atoms with van der Waals surface area (Å²) in [5, 5.41) is 12.2. The van der Waals surface area contributed by atoms with Gasteiger partial charge in [0.25, 0.3) is 0 Å². The van der Waals surface area contributed by atoms with Crippen molar-refractivity contribution in [3.8, 4) is 17.2 Å². The van der Waals surface area contributed by atoms with E-state index < -0.39 is 0 Å². The van der Waals surface area contributed by atoms with Crippen molar-refractivity contribution in [3.63, 3.8) is 0 Å². The highest BCUT2D eigenvalue weighted by molar-refractivity contribution is 5.94. The van der Waals surface area contributed by atoms with Gasteiger partial charge in [-0.3, -0.25) is 0 Å². The number of hydrogen-bond donors (Lipinski definition) is 1. The van der Waals surface area contributed by atoms with Gasteiger partial charge in [-0.25, -0.2) is 4.79 Å². The second kappa shape index (κ2) is 14.5. The smallest absolute Gasteiger partial charge is 0.407 e. The van der Waals surface area contributed by atoms with Crippen LogP contribution in [-0.4, -0.2) is 25.9 Å². The molecule has 0 saturated carbocycles. The Morgan fingerprint density at radius 3 is 2.33 bits per heavy atom. The molecule has 0 fully saturated rings. The van der Waals surface area contributed by atoms with Crippen molar-refractivity contribution in [1.82, 2.24) is 5.32 Å². The van der Waals surface area contributed by atoms with Gasteiger partial charge < -0.3 is 14.8 Å². The maximum absolute atomic E-state index is 11.8. The van der Waals surface area contributed by atoms with E-state index in [1.165, 1.54) is 16.7 Å². The third-order valence-electron chi connectivity index (χ3n) is 8.24. The fourth-order valence-electron chi connectivity index (χ4n) is 5.82. The minimum atomic E-state index is -0.356. The number of alkyl carbamates (subject to hydrolysis) is 1. The predicted molar refractivity (Wildman–Crippen MR) is 171 cm³/mol. The fourth-order valence-corrected chi connectivity index (χ4v) is 5.82.